The van der Waals surface area contributed by atoms with E-state index in [9.17, 15) is 13.2 Å². The number of fused-ring (bicyclic) bond motifs is 2. The number of carbonyl (C=O) groups is 1. The number of nitrogens with one attached hydrogen (secondary N) is 2. The molecule has 2 aromatic rings. The van der Waals surface area contributed by atoms with Crippen molar-refractivity contribution in [2.75, 3.05) is 11.1 Å². The Bertz CT molecular complexity index is 956. The lowest BCUT2D eigenvalue weighted by Crippen LogP contribution is -2.31. The zero-order valence-electron chi connectivity index (χ0n) is 13.2. The van der Waals surface area contributed by atoms with Gasteiger partial charge in [-0.25, -0.2) is 18.2 Å². The highest BCUT2D eigenvalue weighted by molar-refractivity contribution is 7.90. The smallest absolute Gasteiger partial charge is 0.321 e. The maximum absolute atomic E-state index is 12.3. The number of hydrogen-bond acceptors (Lipinski definition) is 5. The molecule has 25 heavy (non-hydrogen) atoms. The van der Waals surface area contributed by atoms with Crippen molar-refractivity contribution in [3.05, 3.63) is 44.9 Å². The number of halogens is 1. The fourth-order valence-corrected chi connectivity index (χ4v) is 6.28. The topological polar surface area (TPSA) is 88.2 Å². The lowest BCUT2D eigenvalue weighted by atomic mass is 10.1. The molecule has 132 valence electrons. The maximum Gasteiger partial charge on any atom is 0.321 e. The first-order chi connectivity index (χ1) is 11.9. The van der Waals surface area contributed by atoms with E-state index in [2.05, 4.69) is 15.6 Å². The number of nitrogens with zero attached hydrogens (tertiary/aromatic N) is 1. The maximum atomic E-state index is 12.3. The number of hydrogen-bond donors (Lipinski definition) is 2. The van der Waals surface area contributed by atoms with Crippen molar-refractivity contribution in [1.29, 1.82) is 0 Å². The number of aryl methyl sites for hydroxylation is 2. The number of thiazole rings is 1. The van der Waals surface area contributed by atoms with Gasteiger partial charge in [0.05, 0.1) is 23.2 Å². The van der Waals surface area contributed by atoms with Crippen LogP contribution in [-0.2, 0) is 28.4 Å². The highest BCUT2D eigenvalue weighted by Gasteiger charge is 2.27. The van der Waals surface area contributed by atoms with E-state index >= 15 is 0 Å². The van der Waals surface area contributed by atoms with Crippen LogP contribution >= 0.6 is 22.9 Å². The molecule has 1 aromatic carbocycles. The Kier molecular flexibility index (Phi) is 4.21. The van der Waals surface area contributed by atoms with Crippen molar-refractivity contribution in [3.8, 4) is 0 Å². The van der Waals surface area contributed by atoms with Gasteiger partial charge in [-0.15, -0.1) is 11.3 Å². The summed E-state index contributed by atoms with van der Waals surface area (Å²) in [7, 11) is -3.04. The largest absolute Gasteiger partial charge is 0.331 e. The second-order valence-corrected chi connectivity index (χ2v) is 9.97. The van der Waals surface area contributed by atoms with Crippen LogP contribution in [0.5, 0.6) is 0 Å². The average Bonchev–Trinajstić information content (AvgIpc) is 3.09. The monoisotopic (exact) mass is 397 g/mol. The molecule has 0 saturated carbocycles. The Hall–Kier alpha value is -1.64. The molecular weight excluding hydrogens is 382 g/mol. The second kappa shape index (κ2) is 6.26. The summed E-state index contributed by atoms with van der Waals surface area (Å²) in [6.45, 7) is 0. The third-order valence-electron chi connectivity index (χ3n) is 4.49. The van der Waals surface area contributed by atoms with Gasteiger partial charge in [0.15, 0.2) is 15.0 Å². The van der Waals surface area contributed by atoms with E-state index in [1.807, 2.05) is 18.2 Å². The van der Waals surface area contributed by atoms with Crippen LogP contribution in [0.1, 0.15) is 34.2 Å². The average molecular weight is 398 g/mol. The number of benzene rings is 1. The van der Waals surface area contributed by atoms with Crippen LogP contribution in [-0.4, -0.2) is 25.2 Å². The van der Waals surface area contributed by atoms with E-state index in [0.717, 1.165) is 34.5 Å². The molecule has 2 N–H and O–H groups in total. The summed E-state index contributed by atoms with van der Waals surface area (Å²) in [6.07, 6.45) is 2.12. The Morgan fingerprint density at radius 1 is 1.32 bits per heavy atom. The fraction of sp³-hybridized carbons (Fsp3) is 0.375. The molecule has 1 aliphatic carbocycles. The fourth-order valence-electron chi connectivity index (χ4n) is 3.30. The minimum absolute atomic E-state index is 0.0139. The lowest BCUT2D eigenvalue weighted by molar-refractivity contribution is 0.248. The van der Waals surface area contributed by atoms with Gasteiger partial charge in [0, 0.05) is 16.3 Å². The molecule has 0 bridgehead atoms. The second-order valence-electron chi connectivity index (χ2n) is 6.26. The predicted molar refractivity (Wildman–Crippen MR) is 98.0 cm³/mol. The first-order valence-electron chi connectivity index (χ1n) is 7.94. The van der Waals surface area contributed by atoms with E-state index in [1.165, 1.54) is 11.3 Å². The van der Waals surface area contributed by atoms with Gasteiger partial charge in [-0.3, -0.25) is 5.32 Å². The van der Waals surface area contributed by atoms with Gasteiger partial charge in [0.1, 0.15) is 0 Å². The molecule has 2 amide bonds. The summed E-state index contributed by atoms with van der Waals surface area (Å²) in [5.74, 6) is 0.136. The number of aromatic nitrogens is 1. The number of sulfone groups is 1. The molecule has 1 aromatic heterocycles. The van der Waals surface area contributed by atoms with Gasteiger partial charge in [0.2, 0.25) is 0 Å². The van der Waals surface area contributed by atoms with Crippen molar-refractivity contribution in [3.63, 3.8) is 0 Å². The molecule has 6 nitrogen and oxygen atoms in total. The van der Waals surface area contributed by atoms with E-state index in [-0.39, 0.29) is 23.6 Å². The number of amides is 2. The molecule has 9 heteroatoms. The highest BCUT2D eigenvalue weighted by atomic mass is 35.5. The van der Waals surface area contributed by atoms with Crippen molar-refractivity contribution in [2.24, 2.45) is 0 Å². The predicted octanol–water partition coefficient (Wildman–Crippen LogP) is 3.08. The number of anilines is 1. The normalized spacial score (nSPS) is 20.6. The highest BCUT2D eigenvalue weighted by Crippen LogP contribution is 2.33. The third-order valence-corrected chi connectivity index (χ3v) is 7.47. The van der Waals surface area contributed by atoms with Crippen LogP contribution < -0.4 is 10.6 Å². The molecule has 0 saturated heterocycles. The Morgan fingerprint density at radius 2 is 2.16 bits per heavy atom. The van der Waals surface area contributed by atoms with Crippen LogP contribution in [0.3, 0.4) is 0 Å². The Balaban J connectivity index is 1.43. The third kappa shape index (κ3) is 3.51. The van der Waals surface area contributed by atoms with Gasteiger partial charge in [-0.2, -0.15) is 0 Å². The van der Waals surface area contributed by atoms with Gasteiger partial charge in [0.25, 0.3) is 0 Å². The van der Waals surface area contributed by atoms with E-state index < -0.39 is 9.84 Å². The number of carbonyl (C=O) groups excluding carboxylic acids is 1. The van der Waals surface area contributed by atoms with Crippen molar-refractivity contribution in [1.82, 2.24) is 10.3 Å². The summed E-state index contributed by atoms with van der Waals surface area (Å²) >= 11 is 7.24. The summed E-state index contributed by atoms with van der Waals surface area (Å²) in [4.78, 5) is 17.4. The summed E-state index contributed by atoms with van der Waals surface area (Å²) < 4.78 is 23.4. The van der Waals surface area contributed by atoms with Crippen LogP contribution in [0.15, 0.2) is 18.2 Å². The molecule has 4 rings (SSSR count). The van der Waals surface area contributed by atoms with E-state index in [4.69, 9.17) is 11.6 Å². The number of rotatable bonds is 2. The minimum atomic E-state index is -3.04. The van der Waals surface area contributed by atoms with E-state index in [0.29, 0.717) is 16.6 Å². The molecule has 0 unspecified atom stereocenters. The molecule has 2 heterocycles. The molecule has 0 spiro atoms. The van der Waals surface area contributed by atoms with Crippen LogP contribution in [0.25, 0.3) is 0 Å². The van der Waals surface area contributed by atoms with Crippen LogP contribution in [0.2, 0.25) is 5.02 Å². The van der Waals surface area contributed by atoms with Crippen LogP contribution in [0.4, 0.5) is 9.93 Å². The zero-order chi connectivity index (χ0) is 17.6. The van der Waals surface area contributed by atoms with Crippen molar-refractivity contribution >= 4 is 43.9 Å². The molecule has 1 atom stereocenters. The SMILES string of the molecule is O=C(Nc1nc2c(s1)CS(=O)(=O)CC2)N[C@@H]1CCc2cc(Cl)ccc21. The summed E-state index contributed by atoms with van der Waals surface area (Å²) in [6, 6.07) is 5.33. The molecule has 0 radical (unpaired) electrons. The molecule has 1 aliphatic heterocycles. The quantitative estimate of drug-likeness (QED) is 0.815. The summed E-state index contributed by atoms with van der Waals surface area (Å²) in [5.41, 5.74) is 3.02. The first-order valence-corrected chi connectivity index (χ1v) is 11.0. The van der Waals surface area contributed by atoms with Crippen molar-refractivity contribution in [2.45, 2.75) is 31.1 Å². The first kappa shape index (κ1) is 16.8. The summed E-state index contributed by atoms with van der Waals surface area (Å²) in [5, 5.41) is 6.83. The molecular formula is C16H16ClN3O3S2. The lowest BCUT2D eigenvalue weighted by Gasteiger charge is -2.14. The van der Waals surface area contributed by atoms with Gasteiger partial charge in [-0.05, 0) is 36.1 Å². The van der Waals surface area contributed by atoms with Gasteiger partial charge >= 0.3 is 6.03 Å². The van der Waals surface area contributed by atoms with Crippen molar-refractivity contribution < 1.29 is 13.2 Å². The molecule has 0 fully saturated rings. The van der Waals surface area contributed by atoms with E-state index in [1.54, 1.807) is 0 Å². The molecule has 2 aliphatic rings. The number of urea groups is 1. The minimum Gasteiger partial charge on any atom is -0.331 e. The Morgan fingerprint density at radius 3 is 3.00 bits per heavy atom. The Labute approximate surface area is 154 Å². The standard InChI is InChI=1S/C16H16ClN3O3S2/c17-10-2-3-11-9(7-10)1-4-12(11)18-15(21)20-16-19-13-5-6-25(22,23)8-14(13)24-16/h2-3,7,12H,1,4-6,8H2,(H2,18,19,20,21)/t12-/m1/s1. The van der Waals surface area contributed by atoms with Gasteiger partial charge < -0.3 is 5.32 Å². The van der Waals surface area contributed by atoms with Gasteiger partial charge in [-0.1, -0.05) is 17.7 Å². The zero-order valence-corrected chi connectivity index (χ0v) is 15.6. The van der Waals surface area contributed by atoms with Crippen LogP contribution in [0, 0.1) is 0 Å².